The lowest BCUT2D eigenvalue weighted by atomic mass is 10.0. The summed E-state index contributed by atoms with van der Waals surface area (Å²) in [5, 5.41) is 14.3. The van der Waals surface area contributed by atoms with Crippen molar-refractivity contribution in [1.29, 1.82) is 0 Å². The van der Waals surface area contributed by atoms with Gasteiger partial charge >= 0.3 is 0 Å². The lowest BCUT2D eigenvalue weighted by molar-refractivity contribution is 0.101. The Labute approximate surface area is 150 Å². The number of benzene rings is 1. The molecule has 1 aromatic carbocycles. The highest BCUT2D eigenvalue weighted by Gasteiger charge is 2.21. The van der Waals surface area contributed by atoms with E-state index in [1.54, 1.807) is 30.7 Å². The van der Waals surface area contributed by atoms with Gasteiger partial charge in [-0.2, -0.15) is 4.68 Å². The fourth-order valence-electron chi connectivity index (χ4n) is 3.08. The molecule has 2 N–H and O–H groups in total. The van der Waals surface area contributed by atoms with Crippen LogP contribution in [0.2, 0.25) is 0 Å². The number of hydrogen-bond donors (Lipinski definition) is 2. The van der Waals surface area contributed by atoms with Gasteiger partial charge in [-0.05, 0) is 61.4 Å². The minimum atomic E-state index is -0.289. The zero-order chi connectivity index (χ0) is 18.8. The van der Waals surface area contributed by atoms with Crippen LogP contribution in [-0.4, -0.2) is 36.9 Å². The Hall–Kier alpha value is -3.29. The van der Waals surface area contributed by atoms with Crippen molar-refractivity contribution in [3.8, 4) is 5.69 Å². The number of amides is 1. The second-order valence-electron chi connectivity index (χ2n) is 6.03. The molecule has 0 saturated carbocycles. The first-order valence-electron chi connectivity index (χ1n) is 8.31. The minimum Gasteiger partial charge on any atom is -0.354 e. The summed E-state index contributed by atoms with van der Waals surface area (Å²) in [6, 6.07) is 7.24. The molecule has 0 fully saturated rings. The quantitative estimate of drug-likeness (QED) is 0.687. The van der Waals surface area contributed by atoms with E-state index in [0.29, 0.717) is 34.9 Å². The normalized spacial score (nSPS) is 10.8. The molecule has 0 bridgehead atoms. The number of H-pyrrole nitrogens is 1. The summed E-state index contributed by atoms with van der Waals surface area (Å²) in [6.07, 6.45) is 0.589. The predicted octanol–water partition coefficient (Wildman–Crippen LogP) is 2.62. The van der Waals surface area contributed by atoms with Gasteiger partial charge in [0, 0.05) is 16.9 Å². The van der Waals surface area contributed by atoms with Crippen LogP contribution in [-0.2, 0) is 6.42 Å². The zero-order valence-corrected chi connectivity index (χ0v) is 15.1. The Balaban J connectivity index is 1.91. The molecule has 134 valence electrons. The standard InChI is InChI=1S/C18H20N6O2/c1-5-15-16(11(3)25)10(2)19-17(15)18(26)20-13-7-6-8-14(9-13)24-12(4)21-22-23-24/h6-9,19H,5H2,1-4H3,(H,20,26). The minimum absolute atomic E-state index is 0.0502. The Morgan fingerprint density at radius 2 is 2.04 bits per heavy atom. The maximum Gasteiger partial charge on any atom is 0.272 e. The molecular weight excluding hydrogens is 332 g/mol. The number of anilines is 1. The molecule has 2 heterocycles. The lowest BCUT2D eigenvalue weighted by Crippen LogP contribution is -2.15. The van der Waals surface area contributed by atoms with Gasteiger partial charge in [-0.3, -0.25) is 9.59 Å². The molecule has 0 unspecified atom stereocenters. The van der Waals surface area contributed by atoms with Crippen LogP contribution in [0, 0.1) is 13.8 Å². The number of aryl methyl sites for hydroxylation is 2. The first kappa shape index (κ1) is 17.5. The summed E-state index contributed by atoms with van der Waals surface area (Å²) in [7, 11) is 0. The van der Waals surface area contributed by atoms with E-state index in [-0.39, 0.29) is 11.7 Å². The molecule has 26 heavy (non-hydrogen) atoms. The van der Waals surface area contributed by atoms with Crippen molar-refractivity contribution < 1.29 is 9.59 Å². The molecule has 8 nitrogen and oxygen atoms in total. The molecule has 0 aliphatic heterocycles. The van der Waals surface area contributed by atoms with Crippen LogP contribution in [0.4, 0.5) is 5.69 Å². The van der Waals surface area contributed by atoms with E-state index in [2.05, 4.69) is 25.8 Å². The first-order valence-corrected chi connectivity index (χ1v) is 8.31. The Kier molecular flexibility index (Phi) is 4.66. The molecule has 8 heteroatoms. The molecule has 1 amide bonds. The number of Topliss-reactive ketones (excluding diaryl/α,β-unsaturated/α-hetero) is 1. The lowest BCUT2D eigenvalue weighted by Gasteiger charge is -2.08. The summed E-state index contributed by atoms with van der Waals surface area (Å²) in [6.45, 7) is 7.03. The van der Waals surface area contributed by atoms with Gasteiger partial charge in [0.15, 0.2) is 11.6 Å². The van der Waals surface area contributed by atoms with Crippen molar-refractivity contribution in [2.45, 2.75) is 34.1 Å². The average molecular weight is 352 g/mol. The van der Waals surface area contributed by atoms with Gasteiger partial charge in [0.25, 0.3) is 5.91 Å². The smallest absolute Gasteiger partial charge is 0.272 e. The number of tetrazole rings is 1. The Morgan fingerprint density at radius 1 is 1.27 bits per heavy atom. The van der Waals surface area contributed by atoms with E-state index < -0.39 is 0 Å². The topological polar surface area (TPSA) is 106 Å². The van der Waals surface area contributed by atoms with E-state index in [9.17, 15) is 9.59 Å². The highest BCUT2D eigenvalue weighted by Crippen LogP contribution is 2.22. The van der Waals surface area contributed by atoms with Crippen molar-refractivity contribution >= 4 is 17.4 Å². The van der Waals surface area contributed by atoms with Gasteiger partial charge in [-0.1, -0.05) is 13.0 Å². The molecule has 0 spiro atoms. The SMILES string of the molecule is CCc1c(C(=O)Nc2cccc(-n3nnnc3C)c2)[nH]c(C)c1C(C)=O. The second kappa shape index (κ2) is 6.91. The van der Waals surface area contributed by atoms with E-state index in [1.807, 2.05) is 19.1 Å². The fraction of sp³-hybridized carbons (Fsp3) is 0.278. The second-order valence-corrected chi connectivity index (χ2v) is 6.03. The summed E-state index contributed by atoms with van der Waals surface area (Å²) in [5.41, 5.74) is 3.81. The number of nitrogens with zero attached hydrogens (tertiary/aromatic N) is 4. The van der Waals surface area contributed by atoms with E-state index in [4.69, 9.17) is 0 Å². The Morgan fingerprint density at radius 3 is 2.65 bits per heavy atom. The maximum absolute atomic E-state index is 12.7. The van der Waals surface area contributed by atoms with Gasteiger partial charge in [0.05, 0.1) is 5.69 Å². The molecule has 0 aliphatic rings. The van der Waals surface area contributed by atoms with Crippen LogP contribution in [0.25, 0.3) is 5.69 Å². The fourth-order valence-corrected chi connectivity index (χ4v) is 3.08. The first-order chi connectivity index (χ1) is 12.4. The molecule has 3 rings (SSSR count). The van der Waals surface area contributed by atoms with Gasteiger partial charge in [-0.15, -0.1) is 5.10 Å². The molecule has 3 aromatic rings. The summed E-state index contributed by atoms with van der Waals surface area (Å²) >= 11 is 0. The number of carbonyl (C=O) groups is 2. The molecule has 0 radical (unpaired) electrons. The maximum atomic E-state index is 12.7. The summed E-state index contributed by atoms with van der Waals surface area (Å²) in [4.78, 5) is 27.7. The third kappa shape index (κ3) is 3.13. The van der Waals surface area contributed by atoms with Crippen molar-refractivity contribution in [2.24, 2.45) is 0 Å². The molecule has 0 atom stereocenters. The third-order valence-corrected chi connectivity index (χ3v) is 4.20. The Bertz CT molecular complexity index is 985. The highest BCUT2D eigenvalue weighted by molar-refractivity contribution is 6.07. The van der Waals surface area contributed by atoms with Crippen molar-refractivity contribution in [1.82, 2.24) is 25.2 Å². The monoisotopic (exact) mass is 352 g/mol. The number of aromatic amines is 1. The van der Waals surface area contributed by atoms with Gasteiger partial charge < -0.3 is 10.3 Å². The van der Waals surface area contributed by atoms with Crippen LogP contribution in [0.15, 0.2) is 24.3 Å². The number of carbonyl (C=O) groups excluding carboxylic acids is 2. The summed E-state index contributed by atoms with van der Waals surface area (Å²) < 4.78 is 1.58. The largest absolute Gasteiger partial charge is 0.354 e. The molecule has 0 saturated heterocycles. The van der Waals surface area contributed by atoms with Crippen molar-refractivity contribution in [3.05, 3.63) is 52.6 Å². The highest BCUT2D eigenvalue weighted by atomic mass is 16.2. The van der Waals surface area contributed by atoms with Gasteiger partial charge in [0.2, 0.25) is 0 Å². The van der Waals surface area contributed by atoms with Crippen LogP contribution in [0.1, 0.15) is 51.8 Å². The number of nitrogens with one attached hydrogen (secondary N) is 2. The molecule has 2 aromatic heterocycles. The van der Waals surface area contributed by atoms with Crippen molar-refractivity contribution in [2.75, 3.05) is 5.32 Å². The number of ketones is 1. The molecular formula is C18H20N6O2. The van der Waals surface area contributed by atoms with Crippen LogP contribution in [0.5, 0.6) is 0 Å². The average Bonchev–Trinajstić information content (AvgIpc) is 3.17. The number of hydrogen-bond acceptors (Lipinski definition) is 5. The van der Waals surface area contributed by atoms with Gasteiger partial charge in [0.1, 0.15) is 5.69 Å². The number of rotatable bonds is 5. The van der Waals surface area contributed by atoms with Crippen LogP contribution >= 0.6 is 0 Å². The third-order valence-electron chi connectivity index (χ3n) is 4.20. The van der Waals surface area contributed by atoms with E-state index in [0.717, 1.165) is 11.3 Å². The summed E-state index contributed by atoms with van der Waals surface area (Å²) in [5.74, 6) is 0.307. The molecule has 0 aliphatic carbocycles. The zero-order valence-electron chi connectivity index (χ0n) is 15.1. The number of aromatic nitrogens is 5. The predicted molar refractivity (Wildman–Crippen MR) is 96.8 cm³/mol. The van der Waals surface area contributed by atoms with E-state index >= 15 is 0 Å². The van der Waals surface area contributed by atoms with Gasteiger partial charge in [-0.25, -0.2) is 0 Å². The van der Waals surface area contributed by atoms with Crippen LogP contribution in [0.3, 0.4) is 0 Å². The van der Waals surface area contributed by atoms with Crippen LogP contribution < -0.4 is 5.32 Å². The van der Waals surface area contributed by atoms with E-state index in [1.165, 1.54) is 6.92 Å². The van der Waals surface area contributed by atoms with Crippen molar-refractivity contribution in [3.63, 3.8) is 0 Å².